The number of rotatable bonds is 6. The van der Waals surface area contributed by atoms with Crippen LogP contribution in [0.15, 0.2) is 30.4 Å². The first-order valence-corrected chi connectivity index (χ1v) is 6.01. The number of ether oxygens (including phenoxy) is 1. The molecule has 0 saturated heterocycles. The molecule has 1 aliphatic carbocycles. The van der Waals surface area contributed by atoms with Gasteiger partial charge in [0, 0.05) is 18.7 Å². The van der Waals surface area contributed by atoms with Crippen LogP contribution >= 0.6 is 11.6 Å². The summed E-state index contributed by atoms with van der Waals surface area (Å²) >= 11 is 5.58. The number of hydrogen-bond acceptors (Lipinski definition) is 2. The molecule has 0 aliphatic heterocycles. The Morgan fingerprint density at radius 3 is 2.94 bits per heavy atom. The van der Waals surface area contributed by atoms with Crippen molar-refractivity contribution in [3.63, 3.8) is 0 Å². The van der Waals surface area contributed by atoms with E-state index in [0.29, 0.717) is 18.4 Å². The predicted molar refractivity (Wildman–Crippen MR) is 67.1 cm³/mol. The van der Waals surface area contributed by atoms with Crippen molar-refractivity contribution < 1.29 is 9.13 Å². The van der Waals surface area contributed by atoms with Gasteiger partial charge in [0.05, 0.1) is 5.02 Å². The maximum Gasteiger partial charge on any atom is 0.145 e. The molecule has 4 heteroatoms. The van der Waals surface area contributed by atoms with Crippen molar-refractivity contribution in [1.82, 2.24) is 5.32 Å². The Morgan fingerprint density at radius 1 is 1.53 bits per heavy atom. The first kappa shape index (κ1) is 12.4. The van der Waals surface area contributed by atoms with Crippen LogP contribution in [0.2, 0.25) is 5.02 Å². The van der Waals surface area contributed by atoms with Gasteiger partial charge in [0.25, 0.3) is 0 Å². The summed E-state index contributed by atoms with van der Waals surface area (Å²) < 4.78 is 18.5. The molecular formula is C13H15ClFNO. The van der Waals surface area contributed by atoms with Crippen LogP contribution < -0.4 is 10.1 Å². The van der Waals surface area contributed by atoms with Gasteiger partial charge in [-0.05, 0) is 30.5 Å². The van der Waals surface area contributed by atoms with Crippen molar-refractivity contribution >= 4 is 11.6 Å². The quantitative estimate of drug-likeness (QED) is 0.789. The predicted octanol–water partition coefficient (Wildman–Crippen LogP) is 3.17. The van der Waals surface area contributed by atoms with Crippen LogP contribution in [0.25, 0.3) is 0 Å². The van der Waals surface area contributed by atoms with Crippen LogP contribution in [0.5, 0.6) is 5.75 Å². The number of benzene rings is 1. The molecule has 1 fully saturated rings. The third-order valence-corrected chi connectivity index (χ3v) is 2.86. The van der Waals surface area contributed by atoms with Crippen LogP contribution in [0.3, 0.4) is 0 Å². The molecule has 1 aromatic rings. The Morgan fingerprint density at radius 2 is 2.29 bits per heavy atom. The van der Waals surface area contributed by atoms with Gasteiger partial charge < -0.3 is 10.1 Å². The highest BCUT2D eigenvalue weighted by Gasteiger charge is 2.20. The topological polar surface area (TPSA) is 21.3 Å². The second kappa shape index (κ2) is 5.52. The summed E-state index contributed by atoms with van der Waals surface area (Å²) in [5.74, 6) is 0.00496. The van der Waals surface area contributed by atoms with E-state index in [1.807, 2.05) is 0 Å². The minimum atomic E-state index is -0.467. The lowest BCUT2D eigenvalue weighted by Crippen LogP contribution is -2.21. The maximum atomic E-state index is 13.1. The molecule has 1 saturated carbocycles. The molecule has 0 unspecified atom stereocenters. The monoisotopic (exact) mass is 255 g/mol. The van der Waals surface area contributed by atoms with Gasteiger partial charge in [-0.3, -0.25) is 0 Å². The van der Waals surface area contributed by atoms with Gasteiger partial charge >= 0.3 is 0 Å². The maximum absolute atomic E-state index is 13.1. The van der Waals surface area contributed by atoms with Gasteiger partial charge in [0.1, 0.15) is 18.2 Å². The van der Waals surface area contributed by atoms with E-state index >= 15 is 0 Å². The van der Waals surface area contributed by atoms with Crippen molar-refractivity contribution in [2.75, 3.05) is 13.2 Å². The van der Waals surface area contributed by atoms with Crippen LogP contribution in [0, 0.1) is 5.82 Å². The van der Waals surface area contributed by atoms with Crippen LogP contribution in [0.1, 0.15) is 12.8 Å². The average Bonchev–Trinajstić information content (AvgIpc) is 3.12. The first-order chi connectivity index (χ1) is 8.15. The van der Waals surface area contributed by atoms with E-state index in [4.69, 9.17) is 16.3 Å². The Hall–Kier alpha value is -1.06. The minimum Gasteiger partial charge on any atom is -0.489 e. The Kier molecular flexibility index (Phi) is 4.02. The van der Waals surface area contributed by atoms with E-state index in [2.05, 4.69) is 11.9 Å². The molecule has 0 atom stereocenters. The summed E-state index contributed by atoms with van der Waals surface area (Å²) in [5, 5.41) is 3.44. The Labute approximate surface area is 105 Å². The molecule has 0 bridgehead atoms. The van der Waals surface area contributed by atoms with Crippen LogP contribution in [-0.4, -0.2) is 19.2 Å². The minimum absolute atomic E-state index is 0.103. The molecule has 17 heavy (non-hydrogen) atoms. The second-order valence-electron chi connectivity index (χ2n) is 4.27. The number of halogens is 2. The molecule has 2 rings (SSSR count). The average molecular weight is 256 g/mol. The lowest BCUT2D eigenvalue weighted by atomic mass is 10.3. The fourth-order valence-electron chi connectivity index (χ4n) is 1.38. The van der Waals surface area contributed by atoms with Gasteiger partial charge in [-0.2, -0.15) is 0 Å². The summed E-state index contributed by atoms with van der Waals surface area (Å²) in [6.07, 6.45) is 2.49. The van der Waals surface area contributed by atoms with E-state index in [0.717, 1.165) is 12.1 Å². The van der Waals surface area contributed by atoms with E-state index in [1.165, 1.54) is 25.0 Å². The highest BCUT2D eigenvalue weighted by Crippen LogP contribution is 2.21. The van der Waals surface area contributed by atoms with Crippen molar-refractivity contribution in [3.8, 4) is 5.75 Å². The lowest BCUT2D eigenvalue weighted by Gasteiger charge is -2.09. The number of nitrogens with one attached hydrogen (secondary N) is 1. The molecule has 1 N–H and O–H groups in total. The van der Waals surface area contributed by atoms with Gasteiger partial charge in [-0.25, -0.2) is 4.39 Å². The first-order valence-electron chi connectivity index (χ1n) is 5.63. The second-order valence-corrected chi connectivity index (χ2v) is 4.68. The third-order valence-electron chi connectivity index (χ3n) is 2.55. The van der Waals surface area contributed by atoms with Crippen LogP contribution in [-0.2, 0) is 0 Å². The molecule has 1 aromatic carbocycles. The zero-order chi connectivity index (χ0) is 12.3. The molecule has 92 valence electrons. The Balaban J connectivity index is 1.75. The zero-order valence-electron chi connectivity index (χ0n) is 9.51. The van der Waals surface area contributed by atoms with Crippen molar-refractivity contribution in [3.05, 3.63) is 41.2 Å². The van der Waals surface area contributed by atoms with Crippen molar-refractivity contribution in [1.29, 1.82) is 0 Å². The van der Waals surface area contributed by atoms with Gasteiger partial charge in [0.2, 0.25) is 0 Å². The third kappa shape index (κ3) is 4.02. The molecule has 1 aliphatic rings. The molecule has 0 aromatic heterocycles. The highest BCUT2D eigenvalue weighted by molar-refractivity contribution is 6.30. The van der Waals surface area contributed by atoms with Gasteiger partial charge in [0.15, 0.2) is 0 Å². The molecule has 0 heterocycles. The summed E-state index contributed by atoms with van der Waals surface area (Å²) in [4.78, 5) is 0. The molecule has 0 spiro atoms. The molecular weight excluding hydrogens is 241 g/mol. The van der Waals surface area contributed by atoms with Crippen LogP contribution in [0.4, 0.5) is 4.39 Å². The standard InChI is InChI=1S/C13H15ClFNO/c1-9(7-16-10-2-3-10)8-17-11-4-5-12(14)13(15)6-11/h4-6,10,16H,1-3,7-8H2. The summed E-state index contributed by atoms with van der Waals surface area (Å²) in [6, 6.07) is 5.06. The van der Waals surface area contributed by atoms with E-state index in [-0.39, 0.29) is 5.02 Å². The summed E-state index contributed by atoms with van der Waals surface area (Å²) in [7, 11) is 0. The van der Waals surface area contributed by atoms with Crippen molar-refractivity contribution in [2.45, 2.75) is 18.9 Å². The number of hydrogen-bond donors (Lipinski definition) is 1. The van der Waals surface area contributed by atoms with E-state index < -0.39 is 5.82 Å². The largest absolute Gasteiger partial charge is 0.489 e. The SMILES string of the molecule is C=C(CNC1CC1)COc1ccc(Cl)c(F)c1. The summed E-state index contributed by atoms with van der Waals surface area (Å²) in [5.41, 5.74) is 0.951. The summed E-state index contributed by atoms with van der Waals surface area (Å²) in [6.45, 7) is 5.04. The molecule has 2 nitrogen and oxygen atoms in total. The van der Waals surface area contributed by atoms with E-state index in [9.17, 15) is 4.39 Å². The zero-order valence-corrected chi connectivity index (χ0v) is 10.3. The molecule has 0 radical (unpaired) electrons. The Bertz CT molecular complexity index is 418. The van der Waals surface area contributed by atoms with Gasteiger partial charge in [-0.1, -0.05) is 18.2 Å². The van der Waals surface area contributed by atoms with Gasteiger partial charge in [-0.15, -0.1) is 0 Å². The lowest BCUT2D eigenvalue weighted by molar-refractivity contribution is 0.346. The fraction of sp³-hybridized carbons (Fsp3) is 0.385. The van der Waals surface area contributed by atoms with E-state index in [1.54, 1.807) is 6.07 Å². The normalized spacial score (nSPS) is 14.7. The smallest absolute Gasteiger partial charge is 0.145 e. The fourth-order valence-corrected chi connectivity index (χ4v) is 1.50. The van der Waals surface area contributed by atoms with Crippen molar-refractivity contribution in [2.24, 2.45) is 0 Å². The molecule has 0 amide bonds. The highest BCUT2D eigenvalue weighted by atomic mass is 35.5.